The number of likely N-dealkylation sites (tertiary alicyclic amines) is 1. The molecule has 0 unspecified atom stereocenters. The molecule has 136 valence electrons. The number of phenolic OH excluding ortho intramolecular Hbond substituents is 1. The lowest BCUT2D eigenvalue weighted by Crippen LogP contribution is -2.43. The Kier molecular flexibility index (Phi) is 5.24. The third-order valence-electron chi connectivity index (χ3n) is 4.77. The molecular formula is C19H23N5O2. The fraction of sp³-hybridized carbons (Fsp3) is 0.421. The molecule has 0 amide bonds. The number of likely N-dealkylation sites (N-methyl/N-ethyl adjacent to an activating group) is 1. The summed E-state index contributed by atoms with van der Waals surface area (Å²) in [6.07, 6.45) is 7.42. The zero-order valence-corrected chi connectivity index (χ0v) is 15.1. The van der Waals surface area contributed by atoms with Gasteiger partial charge in [-0.3, -0.25) is 9.36 Å². The van der Waals surface area contributed by atoms with Gasteiger partial charge in [0.05, 0.1) is 5.56 Å². The maximum atomic E-state index is 12.7. The molecule has 1 atom stereocenters. The zero-order valence-electron chi connectivity index (χ0n) is 15.1. The number of aromatic hydroxyl groups is 1. The van der Waals surface area contributed by atoms with Crippen molar-refractivity contribution in [3.63, 3.8) is 0 Å². The van der Waals surface area contributed by atoms with Crippen molar-refractivity contribution < 1.29 is 5.11 Å². The van der Waals surface area contributed by atoms with E-state index >= 15 is 0 Å². The summed E-state index contributed by atoms with van der Waals surface area (Å²) >= 11 is 0. The Labute approximate surface area is 152 Å². The van der Waals surface area contributed by atoms with Crippen LogP contribution in [0.1, 0.15) is 25.3 Å². The first kappa shape index (κ1) is 18.0. The van der Waals surface area contributed by atoms with Gasteiger partial charge in [0.15, 0.2) is 5.82 Å². The molecule has 7 heteroatoms. The quantitative estimate of drug-likeness (QED) is 0.809. The van der Waals surface area contributed by atoms with E-state index in [0.29, 0.717) is 17.0 Å². The first-order valence-electron chi connectivity index (χ1n) is 8.76. The Bertz CT molecular complexity index is 900. The summed E-state index contributed by atoms with van der Waals surface area (Å²) in [5.74, 6) is 2.95. The molecule has 26 heavy (non-hydrogen) atoms. The van der Waals surface area contributed by atoms with Crippen LogP contribution in [0, 0.1) is 12.3 Å². The minimum Gasteiger partial charge on any atom is -0.507 e. The van der Waals surface area contributed by atoms with Gasteiger partial charge in [-0.05, 0) is 44.1 Å². The summed E-state index contributed by atoms with van der Waals surface area (Å²) in [5, 5.41) is 21.6. The van der Waals surface area contributed by atoms with Crippen LogP contribution in [0.4, 0.5) is 5.82 Å². The third kappa shape index (κ3) is 3.55. The Hall–Kier alpha value is -2.85. The molecule has 2 N–H and O–H groups in total. The standard InChI is InChI=1S/C19H23N5O2/c1-4-13-8-9-15(16(25)11-13)18-22-21-17(19(26)23(18)3)20-14-7-6-10-24(5-2)12-14/h1,8-9,11,14,25H,5-7,10,12H2,2-3H3,(H,20,21)/t14-/m1/s1. The molecule has 2 aromatic rings. The normalized spacial score (nSPS) is 17.7. The lowest BCUT2D eigenvalue weighted by molar-refractivity contribution is 0.226. The summed E-state index contributed by atoms with van der Waals surface area (Å²) in [6, 6.07) is 4.98. The number of nitrogens with zero attached hydrogens (tertiary/aromatic N) is 4. The molecule has 1 aliphatic heterocycles. The van der Waals surface area contributed by atoms with Crippen molar-refractivity contribution in [2.45, 2.75) is 25.8 Å². The van der Waals surface area contributed by atoms with Crippen molar-refractivity contribution in [2.75, 3.05) is 25.0 Å². The van der Waals surface area contributed by atoms with E-state index in [1.165, 1.54) is 10.6 Å². The van der Waals surface area contributed by atoms with Gasteiger partial charge in [0, 0.05) is 25.2 Å². The van der Waals surface area contributed by atoms with Crippen molar-refractivity contribution in [3.8, 4) is 29.5 Å². The number of piperidine rings is 1. The molecule has 1 fully saturated rings. The van der Waals surface area contributed by atoms with Gasteiger partial charge in [-0.1, -0.05) is 12.8 Å². The van der Waals surface area contributed by atoms with E-state index in [1.54, 1.807) is 19.2 Å². The highest BCUT2D eigenvalue weighted by molar-refractivity contribution is 5.65. The molecular weight excluding hydrogens is 330 g/mol. The second-order valence-corrected chi connectivity index (χ2v) is 6.49. The summed E-state index contributed by atoms with van der Waals surface area (Å²) in [4.78, 5) is 15.0. The molecule has 1 saturated heterocycles. The van der Waals surface area contributed by atoms with E-state index in [4.69, 9.17) is 6.42 Å². The van der Waals surface area contributed by atoms with Gasteiger partial charge in [-0.15, -0.1) is 16.6 Å². The predicted molar refractivity (Wildman–Crippen MR) is 101 cm³/mol. The van der Waals surface area contributed by atoms with Crippen molar-refractivity contribution in [1.82, 2.24) is 19.7 Å². The summed E-state index contributed by atoms with van der Waals surface area (Å²) in [5.41, 5.74) is 0.696. The number of hydrogen-bond donors (Lipinski definition) is 2. The van der Waals surface area contributed by atoms with Gasteiger partial charge in [0.2, 0.25) is 5.82 Å². The second kappa shape index (κ2) is 7.58. The van der Waals surface area contributed by atoms with Crippen molar-refractivity contribution in [3.05, 3.63) is 34.1 Å². The highest BCUT2D eigenvalue weighted by Crippen LogP contribution is 2.27. The van der Waals surface area contributed by atoms with Crippen LogP contribution >= 0.6 is 0 Å². The van der Waals surface area contributed by atoms with Crippen LogP contribution in [-0.4, -0.2) is 50.4 Å². The minimum atomic E-state index is -0.274. The Morgan fingerprint density at radius 2 is 2.23 bits per heavy atom. The fourth-order valence-corrected chi connectivity index (χ4v) is 3.25. The van der Waals surface area contributed by atoms with Gasteiger partial charge < -0.3 is 15.3 Å². The Morgan fingerprint density at radius 1 is 1.42 bits per heavy atom. The lowest BCUT2D eigenvalue weighted by Gasteiger charge is -2.32. The third-order valence-corrected chi connectivity index (χ3v) is 4.77. The number of nitrogens with one attached hydrogen (secondary N) is 1. The fourth-order valence-electron chi connectivity index (χ4n) is 3.25. The van der Waals surface area contributed by atoms with Crippen molar-refractivity contribution in [1.29, 1.82) is 0 Å². The van der Waals surface area contributed by atoms with Gasteiger partial charge in [0.25, 0.3) is 5.56 Å². The zero-order chi connectivity index (χ0) is 18.7. The van der Waals surface area contributed by atoms with Crippen LogP contribution < -0.4 is 10.9 Å². The van der Waals surface area contributed by atoms with Crippen LogP contribution in [0.15, 0.2) is 23.0 Å². The molecule has 0 spiro atoms. The largest absolute Gasteiger partial charge is 0.507 e. The van der Waals surface area contributed by atoms with E-state index in [-0.39, 0.29) is 23.2 Å². The predicted octanol–water partition coefficient (Wildman–Crippen LogP) is 1.43. The van der Waals surface area contributed by atoms with E-state index < -0.39 is 0 Å². The van der Waals surface area contributed by atoms with Crippen LogP contribution in [0.5, 0.6) is 5.75 Å². The first-order valence-corrected chi connectivity index (χ1v) is 8.76. The number of phenols is 1. The molecule has 0 bridgehead atoms. The lowest BCUT2D eigenvalue weighted by atomic mass is 10.1. The molecule has 2 heterocycles. The minimum absolute atomic E-state index is 0.0312. The summed E-state index contributed by atoms with van der Waals surface area (Å²) in [7, 11) is 1.62. The molecule has 3 rings (SSSR count). The summed E-state index contributed by atoms with van der Waals surface area (Å²) < 4.78 is 1.39. The molecule has 0 aliphatic carbocycles. The number of anilines is 1. The average molecular weight is 353 g/mol. The van der Waals surface area contributed by atoms with Gasteiger partial charge >= 0.3 is 0 Å². The molecule has 0 saturated carbocycles. The highest BCUT2D eigenvalue weighted by atomic mass is 16.3. The highest BCUT2D eigenvalue weighted by Gasteiger charge is 2.21. The molecule has 1 aliphatic rings. The van der Waals surface area contributed by atoms with E-state index in [2.05, 4.69) is 33.3 Å². The average Bonchev–Trinajstić information content (AvgIpc) is 2.66. The number of aromatic nitrogens is 3. The maximum Gasteiger partial charge on any atom is 0.296 e. The van der Waals surface area contributed by atoms with Crippen molar-refractivity contribution in [2.24, 2.45) is 7.05 Å². The monoisotopic (exact) mass is 353 g/mol. The van der Waals surface area contributed by atoms with Crippen LogP contribution in [0.2, 0.25) is 0 Å². The molecule has 0 radical (unpaired) electrons. The van der Waals surface area contributed by atoms with E-state index in [9.17, 15) is 9.90 Å². The van der Waals surface area contributed by atoms with Crippen LogP contribution in [0.3, 0.4) is 0 Å². The van der Waals surface area contributed by atoms with Gasteiger partial charge in [0.1, 0.15) is 5.75 Å². The smallest absolute Gasteiger partial charge is 0.296 e. The number of rotatable bonds is 4. The van der Waals surface area contributed by atoms with Gasteiger partial charge in [-0.2, -0.15) is 0 Å². The molecule has 7 nitrogen and oxygen atoms in total. The van der Waals surface area contributed by atoms with Crippen LogP contribution in [0.25, 0.3) is 11.4 Å². The van der Waals surface area contributed by atoms with Crippen LogP contribution in [-0.2, 0) is 7.05 Å². The maximum absolute atomic E-state index is 12.7. The number of terminal acetylenes is 1. The van der Waals surface area contributed by atoms with E-state index in [1.807, 2.05) is 0 Å². The number of benzene rings is 1. The molecule has 1 aromatic carbocycles. The SMILES string of the molecule is C#Cc1ccc(-c2nnc(N[C@@H]3CCCN(CC)C3)c(=O)n2C)c(O)c1. The van der Waals surface area contributed by atoms with Gasteiger partial charge in [-0.25, -0.2) is 0 Å². The Balaban J connectivity index is 1.87. The Morgan fingerprint density at radius 3 is 2.92 bits per heavy atom. The first-order chi connectivity index (χ1) is 12.5. The topological polar surface area (TPSA) is 83.3 Å². The summed E-state index contributed by atoms with van der Waals surface area (Å²) in [6.45, 7) is 5.10. The van der Waals surface area contributed by atoms with E-state index in [0.717, 1.165) is 32.5 Å². The number of hydrogen-bond acceptors (Lipinski definition) is 6. The molecule has 1 aromatic heterocycles. The second-order valence-electron chi connectivity index (χ2n) is 6.49. The van der Waals surface area contributed by atoms with Crippen molar-refractivity contribution >= 4 is 5.82 Å².